The van der Waals surface area contributed by atoms with Crippen LogP contribution in [0.5, 0.6) is 5.75 Å². The predicted molar refractivity (Wildman–Crippen MR) is 96.3 cm³/mol. The van der Waals surface area contributed by atoms with Crippen molar-refractivity contribution < 1.29 is 19.1 Å². The summed E-state index contributed by atoms with van der Waals surface area (Å²) in [5.41, 5.74) is 0.972. The third kappa shape index (κ3) is 3.74. The Balaban J connectivity index is 1.54. The number of imide groups is 1. The van der Waals surface area contributed by atoms with E-state index in [9.17, 15) is 14.4 Å². The first kappa shape index (κ1) is 18.4. The fourth-order valence-electron chi connectivity index (χ4n) is 3.98. The van der Waals surface area contributed by atoms with Crippen molar-refractivity contribution in [3.63, 3.8) is 0 Å². The summed E-state index contributed by atoms with van der Waals surface area (Å²) in [4.78, 5) is 40.3. The van der Waals surface area contributed by atoms with Crippen molar-refractivity contribution in [3.8, 4) is 5.75 Å². The van der Waals surface area contributed by atoms with Crippen molar-refractivity contribution in [1.82, 2.24) is 9.80 Å². The van der Waals surface area contributed by atoms with E-state index in [4.69, 9.17) is 4.74 Å². The molecule has 2 aliphatic rings. The van der Waals surface area contributed by atoms with Gasteiger partial charge in [-0.3, -0.25) is 19.3 Å². The first-order valence-corrected chi connectivity index (χ1v) is 9.23. The van der Waals surface area contributed by atoms with Gasteiger partial charge in [-0.2, -0.15) is 0 Å². The van der Waals surface area contributed by atoms with Crippen molar-refractivity contribution in [2.24, 2.45) is 11.8 Å². The molecule has 0 N–H and O–H groups in total. The van der Waals surface area contributed by atoms with Crippen LogP contribution in [0, 0.1) is 11.8 Å². The normalized spacial score (nSPS) is 22.3. The molecule has 0 radical (unpaired) electrons. The molecule has 0 unspecified atom stereocenters. The van der Waals surface area contributed by atoms with Crippen molar-refractivity contribution in [2.45, 2.75) is 38.6 Å². The lowest BCUT2D eigenvalue weighted by Crippen LogP contribution is -2.36. The fourth-order valence-corrected chi connectivity index (χ4v) is 3.98. The first-order chi connectivity index (χ1) is 12.5. The lowest BCUT2D eigenvalue weighted by Gasteiger charge is -2.20. The lowest BCUT2D eigenvalue weighted by molar-refractivity contribution is -0.140. The summed E-state index contributed by atoms with van der Waals surface area (Å²) in [5, 5.41) is 0. The third-order valence-electron chi connectivity index (χ3n) is 5.46. The highest BCUT2D eigenvalue weighted by Crippen LogP contribution is 2.38. The minimum Gasteiger partial charge on any atom is -0.497 e. The summed E-state index contributed by atoms with van der Waals surface area (Å²) >= 11 is 0. The maximum Gasteiger partial charge on any atom is 0.233 e. The monoisotopic (exact) mass is 358 g/mol. The molecule has 1 saturated heterocycles. The van der Waals surface area contributed by atoms with Crippen LogP contribution in [0.25, 0.3) is 0 Å². The Morgan fingerprint density at radius 2 is 1.85 bits per heavy atom. The van der Waals surface area contributed by atoms with Crippen LogP contribution in [0.3, 0.4) is 0 Å². The van der Waals surface area contributed by atoms with Crippen LogP contribution in [-0.2, 0) is 20.9 Å². The highest BCUT2D eigenvalue weighted by Gasteiger charge is 2.47. The van der Waals surface area contributed by atoms with Gasteiger partial charge in [0.15, 0.2) is 0 Å². The topological polar surface area (TPSA) is 66.9 Å². The summed E-state index contributed by atoms with van der Waals surface area (Å²) in [7, 11) is 3.34. The van der Waals surface area contributed by atoms with Gasteiger partial charge >= 0.3 is 0 Å². The molecule has 6 nitrogen and oxygen atoms in total. The molecule has 1 aromatic carbocycles. The standard InChI is InChI=1S/C20H26N2O4/c1-21(13-14-6-5-7-15(12-14)26-2)18(23)10-11-22-19(24)16-8-3-4-9-17(16)20(22)25/h5-7,12,16-17H,3-4,8-11,13H2,1-2H3/t16-,17-/m1/s1. The fraction of sp³-hybridized carbons (Fsp3) is 0.550. The number of rotatable bonds is 6. The molecule has 0 spiro atoms. The van der Waals surface area contributed by atoms with Gasteiger partial charge in [-0.15, -0.1) is 0 Å². The van der Waals surface area contributed by atoms with Gasteiger partial charge in [-0.1, -0.05) is 25.0 Å². The van der Waals surface area contributed by atoms with Crippen molar-refractivity contribution in [2.75, 3.05) is 20.7 Å². The first-order valence-electron chi connectivity index (χ1n) is 9.23. The van der Waals surface area contributed by atoms with E-state index in [1.807, 2.05) is 24.3 Å². The number of methoxy groups -OCH3 is 1. The average molecular weight is 358 g/mol. The lowest BCUT2D eigenvalue weighted by atomic mass is 9.81. The summed E-state index contributed by atoms with van der Waals surface area (Å²) < 4.78 is 5.20. The molecule has 1 saturated carbocycles. The number of fused-ring (bicyclic) bond motifs is 1. The van der Waals surface area contributed by atoms with Gasteiger partial charge in [-0.25, -0.2) is 0 Å². The van der Waals surface area contributed by atoms with Crippen LogP contribution < -0.4 is 4.74 Å². The van der Waals surface area contributed by atoms with Crippen LogP contribution >= 0.6 is 0 Å². The maximum absolute atomic E-state index is 12.5. The molecular formula is C20H26N2O4. The Kier molecular flexibility index (Phi) is 5.59. The Labute approximate surface area is 154 Å². The maximum atomic E-state index is 12.5. The average Bonchev–Trinajstić information content (AvgIpc) is 2.90. The largest absolute Gasteiger partial charge is 0.497 e. The van der Waals surface area contributed by atoms with Crippen LogP contribution in [0.4, 0.5) is 0 Å². The number of likely N-dealkylation sites (tertiary alicyclic amines) is 1. The second-order valence-electron chi connectivity index (χ2n) is 7.18. The van der Waals surface area contributed by atoms with E-state index in [1.54, 1.807) is 19.1 Å². The van der Waals surface area contributed by atoms with Gasteiger partial charge < -0.3 is 9.64 Å². The summed E-state index contributed by atoms with van der Waals surface area (Å²) in [6.45, 7) is 0.648. The van der Waals surface area contributed by atoms with Gasteiger partial charge in [-0.05, 0) is 30.5 Å². The summed E-state index contributed by atoms with van der Waals surface area (Å²) in [5.74, 6) is 0.204. The number of amides is 3. The number of hydrogen-bond donors (Lipinski definition) is 0. The number of carbonyl (C=O) groups is 3. The Morgan fingerprint density at radius 1 is 1.19 bits per heavy atom. The molecule has 2 fully saturated rings. The molecule has 3 rings (SSSR count). The van der Waals surface area contributed by atoms with E-state index in [1.165, 1.54) is 4.90 Å². The molecule has 1 aliphatic carbocycles. The summed E-state index contributed by atoms with van der Waals surface area (Å²) in [6.07, 6.45) is 3.79. The van der Waals surface area contributed by atoms with E-state index in [-0.39, 0.29) is 42.5 Å². The van der Waals surface area contributed by atoms with Crippen LogP contribution in [0.1, 0.15) is 37.7 Å². The minimum absolute atomic E-state index is 0.0803. The Hall–Kier alpha value is -2.37. The van der Waals surface area contributed by atoms with Gasteiger partial charge in [0.25, 0.3) is 0 Å². The molecule has 2 atom stereocenters. The molecule has 0 aromatic heterocycles. The minimum atomic E-state index is -0.152. The van der Waals surface area contributed by atoms with Crippen molar-refractivity contribution in [3.05, 3.63) is 29.8 Å². The molecule has 26 heavy (non-hydrogen) atoms. The van der Waals surface area contributed by atoms with Crippen molar-refractivity contribution in [1.29, 1.82) is 0 Å². The number of nitrogens with zero attached hydrogens (tertiary/aromatic N) is 2. The SMILES string of the molecule is COc1cccc(CN(C)C(=O)CCN2C(=O)[C@@H]3CCCC[C@H]3C2=O)c1. The number of carbonyl (C=O) groups excluding carboxylic acids is 3. The zero-order valence-electron chi connectivity index (χ0n) is 15.4. The van der Waals surface area contributed by atoms with Gasteiger partial charge in [0, 0.05) is 26.6 Å². The second-order valence-corrected chi connectivity index (χ2v) is 7.18. The van der Waals surface area contributed by atoms with Crippen molar-refractivity contribution >= 4 is 17.7 Å². The van der Waals surface area contributed by atoms with E-state index >= 15 is 0 Å². The van der Waals surface area contributed by atoms with Crippen LogP contribution in [-0.4, -0.2) is 48.2 Å². The predicted octanol–water partition coefficient (Wildman–Crippen LogP) is 2.22. The molecule has 6 heteroatoms. The third-order valence-corrected chi connectivity index (χ3v) is 5.46. The molecule has 1 aromatic rings. The van der Waals surface area contributed by atoms with E-state index < -0.39 is 0 Å². The molecule has 140 valence electrons. The molecule has 0 bridgehead atoms. The highest BCUT2D eigenvalue weighted by molar-refractivity contribution is 6.05. The smallest absolute Gasteiger partial charge is 0.233 e. The second kappa shape index (κ2) is 7.89. The molecular weight excluding hydrogens is 332 g/mol. The Bertz CT molecular complexity index is 679. The Morgan fingerprint density at radius 3 is 2.46 bits per heavy atom. The van der Waals surface area contributed by atoms with E-state index in [0.29, 0.717) is 6.54 Å². The zero-order valence-corrected chi connectivity index (χ0v) is 15.4. The van der Waals surface area contributed by atoms with Crippen LogP contribution in [0.15, 0.2) is 24.3 Å². The molecule has 1 heterocycles. The van der Waals surface area contributed by atoms with Crippen LogP contribution in [0.2, 0.25) is 0 Å². The van der Waals surface area contributed by atoms with Gasteiger partial charge in [0.05, 0.1) is 18.9 Å². The van der Waals surface area contributed by atoms with Gasteiger partial charge in [0.1, 0.15) is 5.75 Å². The van der Waals surface area contributed by atoms with E-state index in [2.05, 4.69) is 0 Å². The number of benzene rings is 1. The quantitative estimate of drug-likeness (QED) is 0.732. The van der Waals surface area contributed by atoms with Gasteiger partial charge in [0.2, 0.25) is 17.7 Å². The number of ether oxygens (including phenoxy) is 1. The summed E-state index contributed by atoms with van der Waals surface area (Å²) in [6, 6.07) is 7.57. The zero-order chi connectivity index (χ0) is 18.7. The highest BCUT2D eigenvalue weighted by atomic mass is 16.5. The molecule has 3 amide bonds. The van der Waals surface area contributed by atoms with E-state index in [0.717, 1.165) is 37.0 Å². The molecule has 1 aliphatic heterocycles. The number of hydrogen-bond acceptors (Lipinski definition) is 4.